The molecule has 1 aliphatic heterocycles. The number of aliphatic hydroxyl groups is 1. The molecule has 2 unspecified atom stereocenters. The number of likely N-dealkylation sites (tertiary alicyclic amines) is 1. The van der Waals surface area contributed by atoms with Crippen molar-refractivity contribution in [1.82, 2.24) is 4.90 Å². The predicted molar refractivity (Wildman–Crippen MR) is 87.2 cm³/mol. The van der Waals surface area contributed by atoms with E-state index in [0.29, 0.717) is 36.6 Å². The summed E-state index contributed by atoms with van der Waals surface area (Å²) in [4.78, 5) is 14.2. The highest BCUT2D eigenvalue weighted by atomic mass is 35.5. The van der Waals surface area contributed by atoms with Crippen LogP contribution in [0.1, 0.15) is 39.0 Å². The second kappa shape index (κ2) is 8.39. The molecule has 1 aliphatic rings. The molecule has 0 spiro atoms. The molecule has 0 saturated carbocycles. The van der Waals surface area contributed by atoms with Gasteiger partial charge in [0, 0.05) is 19.0 Å². The summed E-state index contributed by atoms with van der Waals surface area (Å²) in [6, 6.07) is 7.53. The second-order valence-electron chi connectivity index (χ2n) is 5.85. The molecule has 1 heterocycles. The van der Waals surface area contributed by atoms with Gasteiger partial charge in [-0.15, -0.1) is 0 Å². The number of carbonyl (C=O) groups excluding carboxylic acids is 1. The van der Waals surface area contributed by atoms with Crippen molar-refractivity contribution < 1.29 is 14.6 Å². The molecule has 0 aromatic heterocycles. The van der Waals surface area contributed by atoms with Crippen molar-refractivity contribution in [2.24, 2.45) is 0 Å². The molecule has 1 saturated heterocycles. The van der Waals surface area contributed by atoms with Crippen molar-refractivity contribution in [1.29, 1.82) is 0 Å². The van der Waals surface area contributed by atoms with Crippen molar-refractivity contribution in [3.8, 4) is 5.75 Å². The molecule has 0 radical (unpaired) electrons. The summed E-state index contributed by atoms with van der Waals surface area (Å²) in [5.41, 5.74) is 0. The SMILES string of the molecule is CC(O)CC1CCCN1C(=O)CCCOc1ccccc1Cl. The summed E-state index contributed by atoms with van der Waals surface area (Å²) in [5.74, 6) is 0.815. The first-order valence-electron chi connectivity index (χ1n) is 7.93. The van der Waals surface area contributed by atoms with Gasteiger partial charge in [-0.25, -0.2) is 0 Å². The van der Waals surface area contributed by atoms with E-state index in [1.165, 1.54) is 0 Å². The molecule has 1 amide bonds. The highest BCUT2D eigenvalue weighted by Gasteiger charge is 2.28. The standard InChI is InChI=1S/C17H24ClNO3/c1-13(20)12-14-6-4-10-19(14)17(21)9-5-11-22-16-8-3-2-7-15(16)18/h2-3,7-8,13-14,20H,4-6,9-12H2,1H3. The fraction of sp³-hybridized carbons (Fsp3) is 0.588. The lowest BCUT2D eigenvalue weighted by Gasteiger charge is -2.25. The smallest absolute Gasteiger partial charge is 0.222 e. The van der Waals surface area contributed by atoms with Crippen LogP contribution in [0.4, 0.5) is 0 Å². The fourth-order valence-electron chi connectivity index (χ4n) is 2.91. The topological polar surface area (TPSA) is 49.8 Å². The van der Waals surface area contributed by atoms with Crippen LogP contribution in [0.5, 0.6) is 5.75 Å². The Morgan fingerprint density at radius 1 is 1.50 bits per heavy atom. The Labute approximate surface area is 137 Å². The number of amides is 1. The lowest BCUT2D eigenvalue weighted by atomic mass is 10.1. The minimum atomic E-state index is -0.359. The van der Waals surface area contributed by atoms with E-state index in [1.54, 1.807) is 13.0 Å². The summed E-state index contributed by atoms with van der Waals surface area (Å²) in [6.07, 6.45) is 3.47. The van der Waals surface area contributed by atoms with Gasteiger partial charge in [-0.2, -0.15) is 0 Å². The molecular weight excluding hydrogens is 302 g/mol. The van der Waals surface area contributed by atoms with Crippen LogP contribution in [-0.2, 0) is 4.79 Å². The van der Waals surface area contributed by atoms with Crippen LogP contribution in [0, 0.1) is 0 Å². The second-order valence-corrected chi connectivity index (χ2v) is 6.26. The van der Waals surface area contributed by atoms with Crippen LogP contribution in [0.15, 0.2) is 24.3 Å². The lowest BCUT2D eigenvalue weighted by Crippen LogP contribution is -2.37. The van der Waals surface area contributed by atoms with Crippen molar-refractivity contribution in [2.75, 3.05) is 13.2 Å². The number of hydrogen-bond donors (Lipinski definition) is 1. The molecule has 4 nitrogen and oxygen atoms in total. The number of nitrogens with zero attached hydrogens (tertiary/aromatic N) is 1. The zero-order valence-corrected chi connectivity index (χ0v) is 13.8. The Morgan fingerprint density at radius 2 is 2.27 bits per heavy atom. The Balaban J connectivity index is 1.72. The molecular formula is C17H24ClNO3. The van der Waals surface area contributed by atoms with E-state index in [0.717, 1.165) is 19.4 Å². The van der Waals surface area contributed by atoms with Crippen molar-refractivity contribution in [2.45, 2.75) is 51.2 Å². The quantitative estimate of drug-likeness (QED) is 0.783. The van der Waals surface area contributed by atoms with E-state index in [1.807, 2.05) is 23.1 Å². The van der Waals surface area contributed by atoms with E-state index in [2.05, 4.69) is 0 Å². The Kier molecular flexibility index (Phi) is 6.52. The number of rotatable bonds is 7. The van der Waals surface area contributed by atoms with Gasteiger partial charge in [0.25, 0.3) is 0 Å². The van der Waals surface area contributed by atoms with Crippen LogP contribution in [0.25, 0.3) is 0 Å². The van der Waals surface area contributed by atoms with Crippen LogP contribution in [0.2, 0.25) is 5.02 Å². The highest BCUT2D eigenvalue weighted by Crippen LogP contribution is 2.24. The van der Waals surface area contributed by atoms with E-state index in [4.69, 9.17) is 16.3 Å². The molecule has 0 aliphatic carbocycles. The minimum absolute atomic E-state index is 0.158. The maximum absolute atomic E-state index is 12.3. The molecule has 1 aromatic rings. The van der Waals surface area contributed by atoms with Crippen molar-refractivity contribution in [3.05, 3.63) is 29.3 Å². The third kappa shape index (κ3) is 4.89. The Morgan fingerprint density at radius 3 is 3.00 bits per heavy atom. The first kappa shape index (κ1) is 17.1. The molecule has 22 heavy (non-hydrogen) atoms. The molecule has 1 fully saturated rings. The number of carbonyl (C=O) groups is 1. The number of para-hydroxylation sites is 1. The third-order valence-corrected chi connectivity index (χ3v) is 4.25. The third-order valence-electron chi connectivity index (χ3n) is 3.94. The molecule has 5 heteroatoms. The van der Waals surface area contributed by atoms with Gasteiger partial charge in [-0.1, -0.05) is 23.7 Å². The summed E-state index contributed by atoms with van der Waals surface area (Å²) in [5, 5.41) is 10.1. The van der Waals surface area contributed by atoms with Gasteiger partial charge in [-0.3, -0.25) is 4.79 Å². The molecule has 122 valence electrons. The van der Waals surface area contributed by atoms with E-state index < -0.39 is 0 Å². The largest absolute Gasteiger partial charge is 0.492 e. The van der Waals surface area contributed by atoms with Crippen molar-refractivity contribution in [3.63, 3.8) is 0 Å². The first-order chi connectivity index (χ1) is 10.6. The maximum Gasteiger partial charge on any atom is 0.222 e. The van der Waals surface area contributed by atoms with Gasteiger partial charge in [-0.05, 0) is 44.7 Å². The van der Waals surface area contributed by atoms with Gasteiger partial charge < -0.3 is 14.7 Å². The normalized spacial score (nSPS) is 19.2. The van der Waals surface area contributed by atoms with Gasteiger partial charge in [0.2, 0.25) is 5.91 Å². The molecule has 2 rings (SSSR count). The summed E-state index contributed by atoms with van der Waals surface area (Å²) >= 11 is 6.01. The average molecular weight is 326 g/mol. The number of benzene rings is 1. The number of halogens is 1. The summed E-state index contributed by atoms with van der Waals surface area (Å²) in [6.45, 7) is 3.06. The number of hydrogen-bond acceptors (Lipinski definition) is 3. The zero-order chi connectivity index (χ0) is 15.9. The zero-order valence-electron chi connectivity index (χ0n) is 13.0. The van der Waals surface area contributed by atoms with Gasteiger partial charge in [0.1, 0.15) is 5.75 Å². The minimum Gasteiger partial charge on any atom is -0.492 e. The molecule has 2 atom stereocenters. The van der Waals surface area contributed by atoms with E-state index >= 15 is 0 Å². The molecule has 1 aromatic carbocycles. The van der Waals surface area contributed by atoms with E-state index in [-0.39, 0.29) is 18.1 Å². The van der Waals surface area contributed by atoms with E-state index in [9.17, 15) is 9.90 Å². The van der Waals surface area contributed by atoms with Gasteiger partial charge in [0.15, 0.2) is 0 Å². The Hall–Kier alpha value is -1.26. The molecule has 0 bridgehead atoms. The number of aliphatic hydroxyl groups excluding tert-OH is 1. The highest BCUT2D eigenvalue weighted by molar-refractivity contribution is 6.32. The fourth-order valence-corrected chi connectivity index (χ4v) is 3.10. The van der Waals surface area contributed by atoms with Gasteiger partial charge >= 0.3 is 0 Å². The Bertz CT molecular complexity index is 493. The monoisotopic (exact) mass is 325 g/mol. The van der Waals surface area contributed by atoms with Crippen molar-refractivity contribution >= 4 is 17.5 Å². The summed E-state index contributed by atoms with van der Waals surface area (Å²) in [7, 11) is 0. The number of ether oxygens (including phenoxy) is 1. The first-order valence-corrected chi connectivity index (χ1v) is 8.30. The van der Waals surface area contributed by atoms with Crippen LogP contribution >= 0.6 is 11.6 Å². The van der Waals surface area contributed by atoms with Crippen LogP contribution in [-0.4, -0.2) is 41.2 Å². The van der Waals surface area contributed by atoms with Gasteiger partial charge in [0.05, 0.1) is 17.7 Å². The maximum atomic E-state index is 12.3. The average Bonchev–Trinajstić information content (AvgIpc) is 2.92. The lowest BCUT2D eigenvalue weighted by molar-refractivity contribution is -0.132. The van der Waals surface area contributed by atoms with Crippen LogP contribution in [0.3, 0.4) is 0 Å². The summed E-state index contributed by atoms with van der Waals surface area (Å²) < 4.78 is 5.60. The molecule has 1 N–H and O–H groups in total. The predicted octanol–water partition coefficient (Wildman–Crippen LogP) is 3.26. The van der Waals surface area contributed by atoms with Crippen LogP contribution < -0.4 is 4.74 Å².